The highest BCUT2D eigenvalue weighted by Crippen LogP contribution is 2.37. The summed E-state index contributed by atoms with van der Waals surface area (Å²) < 4.78 is 19.3. The van der Waals surface area contributed by atoms with Crippen LogP contribution >= 0.6 is 15.9 Å². The Morgan fingerprint density at radius 2 is 2.00 bits per heavy atom. The molecule has 0 radical (unpaired) electrons. The van der Waals surface area contributed by atoms with Gasteiger partial charge in [-0.15, -0.1) is 0 Å². The van der Waals surface area contributed by atoms with Crippen LogP contribution in [0.25, 0.3) is 0 Å². The number of ether oxygens (including phenoxy) is 3. The fourth-order valence-corrected chi connectivity index (χ4v) is 3.52. The fraction of sp³-hybridized carbons (Fsp3) is 0.278. The van der Waals surface area contributed by atoms with Gasteiger partial charge in [0.25, 0.3) is 0 Å². The molecule has 0 atom stereocenters. The second kappa shape index (κ2) is 6.02. The van der Waals surface area contributed by atoms with Gasteiger partial charge >= 0.3 is 0 Å². The predicted molar refractivity (Wildman–Crippen MR) is 92.6 cm³/mol. The summed E-state index contributed by atoms with van der Waals surface area (Å²) >= 11 is 3.61. The number of rotatable bonds is 3. The third kappa shape index (κ3) is 2.71. The summed E-state index contributed by atoms with van der Waals surface area (Å²) in [5, 5.41) is 9.99. The van der Waals surface area contributed by atoms with Crippen LogP contribution in [0, 0.1) is 0 Å². The van der Waals surface area contributed by atoms with E-state index in [1.807, 2.05) is 18.2 Å². The van der Waals surface area contributed by atoms with Crippen LogP contribution in [-0.4, -0.2) is 36.3 Å². The minimum Gasteiger partial charge on any atom is -0.504 e. The number of nitrogens with zero attached hydrogens (tertiary/aromatic N) is 1. The smallest absolute Gasteiger partial charge is 0.231 e. The number of phenols is 1. The molecule has 0 spiro atoms. The van der Waals surface area contributed by atoms with Gasteiger partial charge in [0, 0.05) is 22.0 Å². The van der Waals surface area contributed by atoms with Gasteiger partial charge in [-0.25, -0.2) is 4.58 Å². The lowest BCUT2D eigenvalue weighted by Crippen LogP contribution is -2.22. The Labute approximate surface area is 148 Å². The lowest BCUT2D eigenvalue weighted by Gasteiger charge is -2.15. The first-order chi connectivity index (χ1) is 11.6. The Kier molecular flexibility index (Phi) is 3.84. The van der Waals surface area contributed by atoms with E-state index < -0.39 is 0 Å². The molecule has 0 saturated heterocycles. The highest BCUT2D eigenvalue weighted by molar-refractivity contribution is 9.10. The van der Waals surface area contributed by atoms with E-state index in [1.165, 1.54) is 5.56 Å². The van der Waals surface area contributed by atoms with Crippen molar-refractivity contribution in [2.75, 3.05) is 20.4 Å². The Morgan fingerprint density at radius 3 is 2.79 bits per heavy atom. The number of halogens is 1. The summed E-state index contributed by atoms with van der Waals surface area (Å²) in [6.07, 6.45) is 2.99. The maximum Gasteiger partial charge on any atom is 0.231 e. The summed E-state index contributed by atoms with van der Waals surface area (Å²) in [6.45, 7) is 1.93. The van der Waals surface area contributed by atoms with E-state index >= 15 is 0 Å². The monoisotopic (exact) mass is 390 g/mol. The van der Waals surface area contributed by atoms with Crippen LogP contribution in [0.5, 0.6) is 23.0 Å². The van der Waals surface area contributed by atoms with Gasteiger partial charge in [0.1, 0.15) is 6.54 Å². The zero-order chi connectivity index (χ0) is 16.7. The van der Waals surface area contributed by atoms with Crippen molar-refractivity contribution >= 4 is 22.1 Å². The molecule has 2 heterocycles. The van der Waals surface area contributed by atoms with Crippen molar-refractivity contribution in [2.45, 2.75) is 13.0 Å². The van der Waals surface area contributed by atoms with Crippen molar-refractivity contribution in [1.29, 1.82) is 0 Å². The van der Waals surface area contributed by atoms with Crippen LogP contribution in [0.15, 0.2) is 28.7 Å². The highest BCUT2D eigenvalue weighted by atomic mass is 79.9. The Hall–Kier alpha value is -2.21. The van der Waals surface area contributed by atoms with Crippen LogP contribution in [-0.2, 0) is 13.0 Å². The van der Waals surface area contributed by atoms with Gasteiger partial charge in [-0.2, -0.15) is 0 Å². The van der Waals surface area contributed by atoms with Gasteiger partial charge in [0.15, 0.2) is 35.8 Å². The van der Waals surface area contributed by atoms with Crippen LogP contribution in [0.2, 0.25) is 0 Å². The summed E-state index contributed by atoms with van der Waals surface area (Å²) in [5.41, 5.74) is 3.35. The molecule has 2 aromatic rings. The minimum atomic E-state index is 0.165. The van der Waals surface area contributed by atoms with E-state index in [4.69, 9.17) is 14.2 Å². The first-order valence-corrected chi connectivity index (χ1v) is 8.50. The second-order valence-corrected chi connectivity index (χ2v) is 6.72. The molecule has 0 saturated carbocycles. The lowest BCUT2D eigenvalue weighted by atomic mass is 10.0. The molecule has 0 aromatic heterocycles. The topological polar surface area (TPSA) is 50.9 Å². The van der Waals surface area contributed by atoms with E-state index in [0.717, 1.165) is 46.6 Å². The SMILES string of the molecule is COc1cc2c(cc1O)C=[N+](Cc1cc3c(cc1Br)OCO3)CC2. The van der Waals surface area contributed by atoms with E-state index in [9.17, 15) is 5.11 Å². The third-order valence-corrected chi connectivity index (χ3v) is 5.08. The Morgan fingerprint density at radius 1 is 1.21 bits per heavy atom. The van der Waals surface area contributed by atoms with Gasteiger partial charge < -0.3 is 19.3 Å². The van der Waals surface area contributed by atoms with Crippen molar-refractivity contribution in [3.05, 3.63) is 45.4 Å². The van der Waals surface area contributed by atoms with E-state index in [-0.39, 0.29) is 12.5 Å². The van der Waals surface area contributed by atoms with Crippen LogP contribution in [0.1, 0.15) is 16.7 Å². The number of phenolic OH excluding ortho intramolecular Hbond substituents is 1. The standard InChI is InChI=1S/C18H16BrNO4/c1-22-16-5-11-2-3-20(8-12(11)4-15(16)21)9-13-6-17-18(7-14(13)19)24-10-23-17/h4-8H,2-3,9-10H2,1H3/p+1. The van der Waals surface area contributed by atoms with Gasteiger partial charge in [-0.05, 0) is 29.8 Å². The zero-order valence-corrected chi connectivity index (χ0v) is 14.8. The number of methoxy groups -OCH3 is 1. The summed E-state index contributed by atoms with van der Waals surface area (Å²) in [7, 11) is 1.57. The molecule has 5 nitrogen and oxygen atoms in total. The third-order valence-electron chi connectivity index (χ3n) is 4.35. The van der Waals surface area contributed by atoms with Gasteiger partial charge in [0.2, 0.25) is 6.79 Å². The minimum absolute atomic E-state index is 0.165. The molecule has 24 heavy (non-hydrogen) atoms. The van der Waals surface area contributed by atoms with Crippen molar-refractivity contribution in [3.63, 3.8) is 0 Å². The maximum absolute atomic E-state index is 9.99. The molecular formula is C18H17BrNO4+. The van der Waals surface area contributed by atoms with Gasteiger partial charge in [0.05, 0.1) is 7.11 Å². The van der Waals surface area contributed by atoms with E-state index in [1.54, 1.807) is 13.2 Å². The van der Waals surface area contributed by atoms with Gasteiger partial charge in [-0.1, -0.05) is 15.9 Å². The zero-order valence-electron chi connectivity index (χ0n) is 13.2. The first-order valence-electron chi connectivity index (χ1n) is 7.71. The van der Waals surface area contributed by atoms with Crippen LogP contribution < -0.4 is 14.2 Å². The van der Waals surface area contributed by atoms with Crippen LogP contribution in [0.4, 0.5) is 0 Å². The molecule has 2 aliphatic rings. The summed E-state index contributed by atoms with van der Waals surface area (Å²) in [5.74, 6) is 2.25. The average Bonchev–Trinajstić information content (AvgIpc) is 3.01. The summed E-state index contributed by atoms with van der Waals surface area (Å²) in [6, 6.07) is 7.64. The Bertz CT molecular complexity index is 847. The number of hydrogen-bond donors (Lipinski definition) is 1. The Balaban J connectivity index is 1.63. The predicted octanol–water partition coefficient (Wildman–Crippen LogP) is 3.08. The molecule has 124 valence electrons. The average molecular weight is 391 g/mol. The largest absolute Gasteiger partial charge is 0.504 e. The molecule has 0 amide bonds. The summed E-state index contributed by atoms with van der Waals surface area (Å²) in [4.78, 5) is 0. The van der Waals surface area contributed by atoms with Gasteiger partial charge in [-0.3, -0.25) is 0 Å². The molecule has 0 fully saturated rings. The maximum atomic E-state index is 9.99. The normalized spacial score (nSPS) is 15.0. The highest BCUT2D eigenvalue weighted by Gasteiger charge is 2.22. The molecular weight excluding hydrogens is 374 g/mol. The molecule has 4 rings (SSSR count). The van der Waals surface area contributed by atoms with Crippen molar-refractivity contribution in [3.8, 4) is 23.0 Å². The number of benzene rings is 2. The van der Waals surface area contributed by atoms with Crippen molar-refractivity contribution in [1.82, 2.24) is 0 Å². The van der Waals surface area contributed by atoms with Crippen molar-refractivity contribution < 1.29 is 23.9 Å². The van der Waals surface area contributed by atoms with E-state index in [2.05, 4.69) is 26.7 Å². The lowest BCUT2D eigenvalue weighted by molar-refractivity contribution is -0.540. The number of fused-ring (bicyclic) bond motifs is 2. The quantitative estimate of drug-likeness (QED) is 0.818. The fourth-order valence-electron chi connectivity index (χ4n) is 3.08. The molecule has 2 aliphatic heterocycles. The second-order valence-electron chi connectivity index (χ2n) is 5.87. The molecule has 1 N–H and O–H groups in total. The van der Waals surface area contributed by atoms with Crippen molar-refractivity contribution in [2.24, 2.45) is 0 Å². The number of hydrogen-bond acceptors (Lipinski definition) is 4. The number of aromatic hydroxyl groups is 1. The molecule has 2 aromatic carbocycles. The van der Waals surface area contributed by atoms with Crippen LogP contribution in [0.3, 0.4) is 0 Å². The molecule has 6 heteroatoms. The molecule has 0 unspecified atom stereocenters. The molecule has 0 bridgehead atoms. The molecule has 0 aliphatic carbocycles. The van der Waals surface area contributed by atoms with E-state index in [0.29, 0.717) is 5.75 Å². The first kappa shape index (κ1) is 15.3.